The van der Waals surface area contributed by atoms with Gasteiger partial charge in [0.1, 0.15) is 0 Å². The van der Waals surface area contributed by atoms with Crippen LogP contribution >= 0.6 is 0 Å². The lowest BCUT2D eigenvalue weighted by atomic mass is 10.0. The van der Waals surface area contributed by atoms with E-state index in [0.717, 1.165) is 38.8 Å². The van der Waals surface area contributed by atoms with Gasteiger partial charge in [-0.1, -0.05) is 26.7 Å². The number of carbonyl (C=O) groups is 1. The van der Waals surface area contributed by atoms with Crippen molar-refractivity contribution in [1.29, 1.82) is 0 Å². The minimum atomic E-state index is -0.326. The van der Waals surface area contributed by atoms with E-state index in [1.165, 1.54) is 19.4 Å². The molecule has 3 N–H and O–H groups in total. The second-order valence-corrected chi connectivity index (χ2v) is 5.37. The quantitative estimate of drug-likeness (QED) is 0.725. The largest absolute Gasteiger partial charge is 0.352 e. The number of rotatable bonds is 7. The van der Waals surface area contributed by atoms with Crippen molar-refractivity contribution < 1.29 is 4.79 Å². The van der Waals surface area contributed by atoms with Crippen molar-refractivity contribution >= 4 is 5.91 Å². The third-order valence-electron chi connectivity index (χ3n) is 3.70. The average molecular weight is 255 g/mol. The molecule has 0 saturated carbocycles. The fourth-order valence-electron chi connectivity index (χ4n) is 2.43. The van der Waals surface area contributed by atoms with Crippen molar-refractivity contribution in [3.8, 4) is 0 Å². The van der Waals surface area contributed by atoms with Crippen LogP contribution in [-0.4, -0.2) is 42.5 Å². The average Bonchev–Trinajstić information content (AvgIpc) is 2.38. The molecule has 1 aliphatic heterocycles. The molecule has 0 aromatic carbocycles. The first-order valence-corrected chi connectivity index (χ1v) is 7.45. The molecule has 1 aliphatic rings. The van der Waals surface area contributed by atoms with Crippen LogP contribution in [-0.2, 0) is 4.79 Å². The SMILES string of the molecule is CCCCN1CCC(NC(=O)[C@@H](N)CCC)CC1. The minimum Gasteiger partial charge on any atom is -0.352 e. The normalized spacial score (nSPS) is 19.7. The van der Waals surface area contributed by atoms with Gasteiger partial charge in [0.05, 0.1) is 6.04 Å². The number of unbranched alkanes of at least 4 members (excludes halogenated alkanes) is 1. The summed E-state index contributed by atoms with van der Waals surface area (Å²) in [5.74, 6) is 0.0314. The van der Waals surface area contributed by atoms with Gasteiger partial charge in [0.15, 0.2) is 0 Å². The molecule has 4 nitrogen and oxygen atoms in total. The van der Waals surface area contributed by atoms with Crippen LogP contribution in [0.1, 0.15) is 52.4 Å². The zero-order valence-corrected chi connectivity index (χ0v) is 12.0. The molecule has 0 spiro atoms. The summed E-state index contributed by atoms with van der Waals surface area (Å²) in [6, 6.07) is 0.00593. The predicted molar refractivity (Wildman–Crippen MR) is 75.4 cm³/mol. The van der Waals surface area contributed by atoms with Crippen molar-refractivity contribution in [3.05, 3.63) is 0 Å². The van der Waals surface area contributed by atoms with Crippen LogP contribution in [0.25, 0.3) is 0 Å². The van der Waals surface area contributed by atoms with Crippen LogP contribution in [0.4, 0.5) is 0 Å². The van der Waals surface area contributed by atoms with Gasteiger partial charge in [-0.25, -0.2) is 0 Å². The summed E-state index contributed by atoms with van der Waals surface area (Å²) >= 11 is 0. The van der Waals surface area contributed by atoms with E-state index >= 15 is 0 Å². The Hall–Kier alpha value is -0.610. The van der Waals surface area contributed by atoms with Gasteiger partial charge in [-0.15, -0.1) is 0 Å². The van der Waals surface area contributed by atoms with Crippen LogP contribution in [0, 0.1) is 0 Å². The van der Waals surface area contributed by atoms with E-state index < -0.39 is 0 Å². The Morgan fingerprint density at radius 3 is 2.56 bits per heavy atom. The van der Waals surface area contributed by atoms with Gasteiger partial charge in [-0.2, -0.15) is 0 Å². The summed E-state index contributed by atoms with van der Waals surface area (Å²) in [6.45, 7) is 7.69. The monoisotopic (exact) mass is 255 g/mol. The lowest BCUT2D eigenvalue weighted by Crippen LogP contribution is -2.49. The molecule has 1 heterocycles. The van der Waals surface area contributed by atoms with E-state index in [4.69, 9.17) is 5.73 Å². The predicted octanol–water partition coefficient (Wildman–Crippen LogP) is 1.49. The number of nitrogens with one attached hydrogen (secondary N) is 1. The van der Waals surface area contributed by atoms with E-state index in [1.807, 2.05) is 0 Å². The summed E-state index contributed by atoms with van der Waals surface area (Å²) in [5, 5.41) is 3.09. The summed E-state index contributed by atoms with van der Waals surface area (Å²) in [4.78, 5) is 14.3. The standard InChI is InChI=1S/C14H29N3O/c1-3-5-9-17-10-7-12(8-11-17)16-14(18)13(15)6-4-2/h12-13H,3-11,15H2,1-2H3,(H,16,18)/t13-/m0/s1. The topological polar surface area (TPSA) is 58.4 Å². The van der Waals surface area contributed by atoms with Gasteiger partial charge >= 0.3 is 0 Å². The maximum absolute atomic E-state index is 11.8. The van der Waals surface area contributed by atoms with E-state index in [2.05, 4.69) is 24.1 Å². The number of nitrogens with two attached hydrogens (primary N) is 1. The number of hydrogen-bond donors (Lipinski definition) is 2. The summed E-state index contributed by atoms with van der Waals surface area (Å²) in [6.07, 6.45) is 6.40. The van der Waals surface area contributed by atoms with Gasteiger partial charge in [0.2, 0.25) is 5.91 Å². The molecule has 0 aromatic rings. The first kappa shape index (κ1) is 15.4. The maximum atomic E-state index is 11.8. The third kappa shape index (κ3) is 5.36. The molecule has 4 heteroatoms. The first-order valence-electron chi connectivity index (χ1n) is 7.45. The molecule has 1 fully saturated rings. The Labute approximate surface area is 111 Å². The lowest BCUT2D eigenvalue weighted by Gasteiger charge is -2.32. The molecule has 18 heavy (non-hydrogen) atoms. The van der Waals surface area contributed by atoms with Gasteiger partial charge in [0, 0.05) is 19.1 Å². The number of carbonyl (C=O) groups excluding carboxylic acids is 1. The van der Waals surface area contributed by atoms with Crippen molar-refractivity contribution in [1.82, 2.24) is 10.2 Å². The number of likely N-dealkylation sites (tertiary alicyclic amines) is 1. The molecule has 1 saturated heterocycles. The van der Waals surface area contributed by atoms with Crippen molar-refractivity contribution in [3.63, 3.8) is 0 Å². The molecule has 0 aliphatic carbocycles. The van der Waals surface area contributed by atoms with E-state index in [0.29, 0.717) is 6.04 Å². The molecule has 106 valence electrons. The van der Waals surface area contributed by atoms with Crippen molar-refractivity contribution in [2.45, 2.75) is 64.5 Å². The van der Waals surface area contributed by atoms with Gasteiger partial charge in [-0.3, -0.25) is 4.79 Å². The first-order chi connectivity index (χ1) is 8.67. The molecular formula is C14H29N3O. The van der Waals surface area contributed by atoms with Gasteiger partial charge in [-0.05, 0) is 32.2 Å². The Morgan fingerprint density at radius 1 is 1.33 bits per heavy atom. The lowest BCUT2D eigenvalue weighted by molar-refractivity contribution is -0.123. The second kappa shape index (κ2) is 8.48. The Balaban J connectivity index is 2.20. The van der Waals surface area contributed by atoms with Crippen LogP contribution in [0.15, 0.2) is 0 Å². The number of amides is 1. The Kier molecular flexibility index (Phi) is 7.28. The zero-order valence-electron chi connectivity index (χ0n) is 12.0. The molecule has 0 aromatic heterocycles. The fourth-order valence-corrected chi connectivity index (χ4v) is 2.43. The van der Waals surface area contributed by atoms with Crippen LogP contribution in [0.5, 0.6) is 0 Å². The number of hydrogen-bond acceptors (Lipinski definition) is 3. The van der Waals surface area contributed by atoms with Crippen LogP contribution in [0.3, 0.4) is 0 Å². The van der Waals surface area contributed by atoms with Gasteiger partial charge in [0.25, 0.3) is 0 Å². The summed E-state index contributed by atoms with van der Waals surface area (Å²) < 4.78 is 0. The molecule has 0 radical (unpaired) electrons. The molecule has 1 amide bonds. The minimum absolute atomic E-state index is 0.0314. The van der Waals surface area contributed by atoms with E-state index in [1.54, 1.807) is 0 Å². The van der Waals surface area contributed by atoms with E-state index in [9.17, 15) is 4.79 Å². The van der Waals surface area contributed by atoms with Crippen molar-refractivity contribution in [2.24, 2.45) is 5.73 Å². The molecule has 1 atom stereocenters. The second-order valence-electron chi connectivity index (χ2n) is 5.37. The Bertz CT molecular complexity index is 237. The highest BCUT2D eigenvalue weighted by Gasteiger charge is 2.22. The highest BCUT2D eigenvalue weighted by molar-refractivity contribution is 5.81. The maximum Gasteiger partial charge on any atom is 0.237 e. The highest BCUT2D eigenvalue weighted by Crippen LogP contribution is 2.11. The van der Waals surface area contributed by atoms with Crippen molar-refractivity contribution in [2.75, 3.05) is 19.6 Å². The zero-order chi connectivity index (χ0) is 13.4. The molecular weight excluding hydrogens is 226 g/mol. The number of piperidine rings is 1. The highest BCUT2D eigenvalue weighted by atomic mass is 16.2. The third-order valence-corrected chi connectivity index (χ3v) is 3.70. The summed E-state index contributed by atoms with van der Waals surface area (Å²) in [5.41, 5.74) is 5.82. The smallest absolute Gasteiger partial charge is 0.237 e. The molecule has 1 rings (SSSR count). The van der Waals surface area contributed by atoms with Gasteiger partial charge < -0.3 is 16.0 Å². The fraction of sp³-hybridized carbons (Fsp3) is 0.929. The van der Waals surface area contributed by atoms with E-state index in [-0.39, 0.29) is 11.9 Å². The van der Waals surface area contributed by atoms with Crippen LogP contribution in [0.2, 0.25) is 0 Å². The van der Waals surface area contributed by atoms with Crippen LogP contribution < -0.4 is 11.1 Å². The number of nitrogens with zero attached hydrogens (tertiary/aromatic N) is 1. The summed E-state index contributed by atoms with van der Waals surface area (Å²) in [7, 11) is 0. The molecule has 0 bridgehead atoms. The Morgan fingerprint density at radius 2 is 2.00 bits per heavy atom. The molecule has 0 unspecified atom stereocenters.